The Bertz CT molecular complexity index is 1150. The number of carboxylic acid groups (broad SMARTS) is 1. The molecule has 152 valence electrons. The third kappa shape index (κ3) is 4.44. The molecule has 10 heteroatoms. The normalized spacial score (nSPS) is 12.2. The summed E-state index contributed by atoms with van der Waals surface area (Å²) >= 11 is 2.75. The Morgan fingerprint density at radius 3 is 2.80 bits per heavy atom. The Balaban J connectivity index is 1.43. The number of nitrogens with one attached hydrogen (secondary N) is 3. The van der Waals surface area contributed by atoms with Gasteiger partial charge in [-0.1, -0.05) is 23.9 Å². The van der Waals surface area contributed by atoms with E-state index in [1.807, 2.05) is 24.3 Å². The van der Waals surface area contributed by atoms with Gasteiger partial charge in [-0.15, -0.1) is 11.3 Å². The van der Waals surface area contributed by atoms with Crippen molar-refractivity contribution >= 4 is 51.7 Å². The van der Waals surface area contributed by atoms with Gasteiger partial charge in [-0.25, -0.2) is 4.98 Å². The zero-order chi connectivity index (χ0) is 21.1. The molecule has 0 radical (unpaired) electrons. The molecule has 0 unspecified atom stereocenters. The summed E-state index contributed by atoms with van der Waals surface area (Å²) in [6, 6.07) is 12.6. The van der Waals surface area contributed by atoms with Crippen LogP contribution in [0.5, 0.6) is 0 Å². The van der Waals surface area contributed by atoms with Gasteiger partial charge in [0.25, 0.3) is 11.8 Å². The molecule has 30 heavy (non-hydrogen) atoms. The maximum atomic E-state index is 12.6. The molecule has 0 atom stereocenters. The molecule has 0 saturated carbocycles. The van der Waals surface area contributed by atoms with Crippen LogP contribution in [0.2, 0.25) is 0 Å². The van der Waals surface area contributed by atoms with Crippen LogP contribution in [0.3, 0.4) is 0 Å². The van der Waals surface area contributed by atoms with Crippen LogP contribution in [0.1, 0.15) is 25.6 Å². The molecule has 0 aliphatic carbocycles. The minimum Gasteiger partial charge on any atom is -0.480 e. The Kier molecular flexibility index (Phi) is 5.68. The van der Waals surface area contributed by atoms with E-state index in [2.05, 4.69) is 20.9 Å². The van der Waals surface area contributed by atoms with Crippen molar-refractivity contribution in [2.45, 2.75) is 16.3 Å². The average Bonchev–Trinajstić information content (AvgIpc) is 3.14. The monoisotopic (exact) mass is 440 g/mol. The van der Waals surface area contributed by atoms with Crippen molar-refractivity contribution in [2.75, 3.05) is 17.2 Å². The molecule has 1 aliphatic rings. The molecule has 0 fully saturated rings. The van der Waals surface area contributed by atoms with Gasteiger partial charge in [-0.2, -0.15) is 0 Å². The second-order valence-electron chi connectivity index (χ2n) is 6.32. The molecule has 0 spiro atoms. The zero-order valence-corrected chi connectivity index (χ0v) is 17.1. The second-order valence-corrected chi connectivity index (χ2v) is 8.52. The predicted octanol–water partition coefficient (Wildman–Crippen LogP) is 3.29. The predicted molar refractivity (Wildman–Crippen MR) is 114 cm³/mol. The highest BCUT2D eigenvalue weighted by Crippen LogP contribution is 2.39. The van der Waals surface area contributed by atoms with E-state index >= 15 is 0 Å². The number of nitrogens with zero attached hydrogens (tertiary/aromatic N) is 1. The van der Waals surface area contributed by atoms with E-state index < -0.39 is 5.97 Å². The van der Waals surface area contributed by atoms with Crippen molar-refractivity contribution in [3.05, 3.63) is 64.7 Å². The SMILES string of the molecule is O=C(O)CNc1ncc(CNC(=O)c2ccc3c(c2)NC(=O)c2ccccc2S3)s1. The molecular weight excluding hydrogens is 424 g/mol. The number of hydrogen-bond acceptors (Lipinski definition) is 7. The standard InChI is InChI=1S/C20H16N4O4S2/c25-17(26)10-23-20-22-9-12(29-20)8-21-18(27)11-5-6-16-14(7-11)24-19(28)13-3-1-2-4-15(13)30-16/h1-7,9H,8,10H2,(H,21,27)(H,22,23)(H,24,28)(H,25,26). The highest BCUT2D eigenvalue weighted by atomic mass is 32.2. The number of hydrogen-bond donors (Lipinski definition) is 4. The summed E-state index contributed by atoms with van der Waals surface area (Å²) in [5, 5.41) is 17.5. The summed E-state index contributed by atoms with van der Waals surface area (Å²) in [5.41, 5.74) is 1.61. The van der Waals surface area contributed by atoms with Crippen molar-refractivity contribution < 1.29 is 19.5 Å². The Labute approximate surface area is 179 Å². The number of anilines is 2. The van der Waals surface area contributed by atoms with E-state index in [-0.39, 0.29) is 24.9 Å². The highest BCUT2D eigenvalue weighted by Gasteiger charge is 2.20. The molecule has 8 nitrogen and oxygen atoms in total. The number of thiazole rings is 1. The molecule has 3 aromatic rings. The van der Waals surface area contributed by atoms with Gasteiger partial charge in [0.1, 0.15) is 6.54 Å². The van der Waals surface area contributed by atoms with Gasteiger partial charge in [0.05, 0.1) is 17.8 Å². The van der Waals surface area contributed by atoms with Crippen LogP contribution < -0.4 is 16.0 Å². The molecule has 2 amide bonds. The fourth-order valence-electron chi connectivity index (χ4n) is 2.80. The van der Waals surface area contributed by atoms with Crippen LogP contribution in [-0.4, -0.2) is 34.4 Å². The minimum absolute atomic E-state index is 0.208. The first-order valence-electron chi connectivity index (χ1n) is 8.90. The lowest BCUT2D eigenvalue weighted by atomic mass is 10.1. The molecule has 2 aromatic carbocycles. The molecule has 1 aromatic heterocycles. The highest BCUT2D eigenvalue weighted by molar-refractivity contribution is 7.99. The zero-order valence-electron chi connectivity index (χ0n) is 15.5. The van der Waals surface area contributed by atoms with Crippen molar-refractivity contribution in [3.63, 3.8) is 0 Å². The van der Waals surface area contributed by atoms with Crippen molar-refractivity contribution in [3.8, 4) is 0 Å². The number of aliphatic carboxylic acids is 1. The quantitative estimate of drug-likeness (QED) is 0.464. The van der Waals surface area contributed by atoms with E-state index in [1.165, 1.54) is 23.1 Å². The third-order valence-electron chi connectivity index (χ3n) is 4.21. The number of benzene rings is 2. The van der Waals surface area contributed by atoms with Crippen molar-refractivity contribution in [1.29, 1.82) is 0 Å². The lowest BCUT2D eigenvalue weighted by Crippen LogP contribution is -2.22. The lowest BCUT2D eigenvalue weighted by molar-refractivity contribution is -0.134. The summed E-state index contributed by atoms with van der Waals surface area (Å²) in [6.07, 6.45) is 1.58. The average molecular weight is 441 g/mol. The summed E-state index contributed by atoms with van der Waals surface area (Å²) in [6.45, 7) is 0.0386. The van der Waals surface area contributed by atoms with Gasteiger partial charge in [0.2, 0.25) is 0 Å². The third-order valence-corrected chi connectivity index (χ3v) is 6.32. The Hall–Kier alpha value is -3.37. The molecule has 2 heterocycles. The van der Waals surface area contributed by atoms with E-state index in [0.717, 1.165) is 14.7 Å². The number of rotatable bonds is 6. The van der Waals surface area contributed by atoms with E-state index in [9.17, 15) is 14.4 Å². The molecule has 0 bridgehead atoms. The van der Waals surface area contributed by atoms with Gasteiger partial charge in [-0.05, 0) is 30.3 Å². The fourth-order valence-corrected chi connectivity index (χ4v) is 4.56. The first-order chi connectivity index (χ1) is 14.5. The van der Waals surface area contributed by atoms with Crippen molar-refractivity contribution in [2.24, 2.45) is 0 Å². The number of carbonyl (C=O) groups excluding carboxylic acids is 2. The summed E-state index contributed by atoms with van der Waals surface area (Å²) in [4.78, 5) is 42.2. The van der Waals surface area contributed by atoms with Crippen LogP contribution in [0.15, 0.2) is 58.5 Å². The second kappa shape index (κ2) is 8.56. The number of fused-ring (bicyclic) bond motifs is 2. The molecule has 4 N–H and O–H groups in total. The van der Waals surface area contributed by atoms with Gasteiger partial charge >= 0.3 is 5.97 Å². The maximum Gasteiger partial charge on any atom is 0.322 e. The van der Waals surface area contributed by atoms with Crippen LogP contribution in [-0.2, 0) is 11.3 Å². The first kappa shape index (κ1) is 19.9. The van der Waals surface area contributed by atoms with E-state index in [4.69, 9.17) is 5.11 Å². The van der Waals surface area contributed by atoms with E-state index in [1.54, 1.807) is 24.4 Å². The van der Waals surface area contributed by atoms with Crippen LogP contribution in [0.25, 0.3) is 0 Å². The molecule has 0 saturated heterocycles. The lowest BCUT2D eigenvalue weighted by Gasteiger charge is -2.09. The minimum atomic E-state index is -0.975. The summed E-state index contributed by atoms with van der Waals surface area (Å²) in [5.74, 6) is -1.47. The summed E-state index contributed by atoms with van der Waals surface area (Å²) < 4.78 is 0. The van der Waals surface area contributed by atoms with Crippen LogP contribution in [0.4, 0.5) is 10.8 Å². The van der Waals surface area contributed by atoms with Crippen molar-refractivity contribution in [1.82, 2.24) is 10.3 Å². The Morgan fingerprint density at radius 1 is 1.13 bits per heavy atom. The van der Waals surface area contributed by atoms with Gasteiger partial charge in [0, 0.05) is 26.4 Å². The number of carboxylic acids is 1. The first-order valence-corrected chi connectivity index (χ1v) is 10.5. The molecule has 1 aliphatic heterocycles. The molecular formula is C20H16N4O4S2. The maximum absolute atomic E-state index is 12.6. The van der Waals surface area contributed by atoms with Crippen LogP contribution in [0, 0.1) is 0 Å². The number of carbonyl (C=O) groups is 3. The van der Waals surface area contributed by atoms with Gasteiger partial charge < -0.3 is 21.1 Å². The van der Waals surface area contributed by atoms with E-state index in [0.29, 0.717) is 21.9 Å². The topological polar surface area (TPSA) is 120 Å². The molecule has 4 rings (SSSR count). The number of aromatic nitrogens is 1. The summed E-state index contributed by atoms with van der Waals surface area (Å²) in [7, 11) is 0. The Morgan fingerprint density at radius 2 is 1.97 bits per heavy atom. The van der Waals surface area contributed by atoms with Gasteiger partial charge in [-0.3, -0.25) is 14.4 Å². The van der Waals surface area contributed by atoms with Gasteiger partial charge in [0.15, 0.2) is 5.13 Å². The largest absolute Gasteiger partial charge is 0.480 e. The van der Waals surface area contributed by atoms with Crippen LogP contribution >= 0.6 is 23.1 Å². The smallest absolute Gasteiger partial charge is 0.322 e. The fraction of sp³-hybridized carbons (Fsp3) is 0.100. The number of amides is 2.